The lowest BCUT2D eigenvalue weighted by Crippen LogP contribution is -2.41. The zero-order valence-corrected chi connectivity index (χ0v) is 12.5. The molecule has 7 heteroatoms. The maximum Gasteiger partial charge on any atom is 0.321 e. The molecule has 0 saturated carbocycles. The number of amides is 3. The summed E-state index contributed by atoms with van der Waals surface area (Å²) in [5.41, 5.74) is 10.6. The molecule has 0 unspecified atom stereocenters. The van der Waals surface area contributed by atoms with Gasteiger partial charge >= 0.3 is 6.03 Å². The molecule has 0 aliphatic rings. The van der Waals surface area contributed by atoms with Crippen molar-refractivity contribution >= 4 is 33.5 Å². The molecule has 0 aliphatic carbocycles. The minimum atomic E-state index is -0.652. The summed E-state index contributed by atoms with van der Waals surface area (Å²) >= 11 is 0. The van der Waals surface area contributed by atoms with E-state index in [4.69, 9.17) is 11.5 Å². The van der Waals surface area contributed by atoms with Crippen LogP contribution in [-0.2, 0) is 4.79 Å². The molecule has 0 bridgehead atoms. The van der Waals surface area contributed by atoms with Crippen LogP contribution < -0.4 is 11.5 Å². The Morgan fingerprint density at radius 2 is 1.83 bits per heavy atom. The topological polar surface area (TPSA) is 89.4 Å². The van der Waals surface area contributed by atoms with Gasteiger partial charge in [-0.1, -0.05) is 41.4 Å². The van der Waals surface area contributed by atoms with Gasteiger partial charge in [0.15, 0.2) is 0 Å². The molecule has 0 aliphatic heterocycles. The van der Waals surface area contributed by atoms with Crippen LogP contribution in [0.25, 0.3) is 0 Å². The van der Waals surface area contributed by atoms with Gasteiger partial charge in [0, 0.05) is 31.0 Å². The number of nitrogens with two attached hydrogens (primary N) is 2. The Hall–Kier alpha value is -0.400. The van der Waals surface area contributed by atoms with Crippen molar-refractivity contribution in [2.45, 2.75) is 32.6 Å². The van der Waals surface area contributed by atoms with Crippen molar-refractivity contribution in [2.24, 2.45) is 11.5 Å². The summed E-state index contributed by atoms with van der Waals surface area (Å²) in [6, 6.07) is -0.652. The molecule has 18 heavy (non-hydrogen) atoms. The van der Waals surface area contributed by atoms with E-state index in [-0.39, 0.29) is 5.91 Å². The van der Waals surface area contributed by atoms with Gasteiger partial charge in [-0.3, -0.25) is 9.69 Å². The van der Waals surface area contributed by atoms with E-state index in [1.807, 2.05) is 0 Å². The minimum absolute atomic E-state index is 0.166. The number of primary amides is 1. The maximum atomic E-state index is 11.8. The molecule has 0 aromatic rings. The van der Waals surface area contributed by atoms with Gasteiger partial charge in [-0.25, -0.2) is 4.79 Å². The fraction of sp³-hybridized carbons (Fsp3) is 0.818. The van der Waals surface area contributed by atoms with Crippen LogP contribution in [0.15, 0.2) is 0 Å². The molecular formula is C11H23N3O2S2. The average molecular weight is 293 g/mol. The number of carbonyl (C=O) groups excluding carboxylic acids is 2. The van der Waals surface area contributed by atoms with Crippen molar-refractivity contribution in [2.75, 3.05) is 24.6 Å². The Morgan fingerprint density at radius 1 is 1.17 bits per heavy atom. The Kier molecular flexibility index (Phi) is 11.4. The Bertz CT molecular complexity index is 252. The lowest BCUT2D eigenvalue weighted by Gasteiger charge is -2.18. The van der Waals surface area contributed by atoms with Crippen LogP contribution in [0.4, 0.5) is 4.79 Å². The number of urea groups is 1. The lowest BCUT2D eigenvalue weighted by molar-refractivity contribution is -0.128. The summed E-state index contributed by atoms with van der Waals surface area (Å²) in [6.07, 6.45) is 3.26. The number of imide groups is 1. The first-order valence-corrected chi connectivity index (χ1v) is 8.66. The molecule has 0 spiro atoms. The maximum absolute atomic E-state index is 11.8. The highest BCUT2D eigenvalue weighted by Crippen LogP contribution is 2.20. The zero-order valence-electron chi connectivity index (χ0n) is 10.9. The lowest BCUT2D eigenvalue weighted by atomic mass is 10.2. The second-order valence-corrected chi connectivity index (χ2v) is 6.48. The summed E-state index contributed by atoms with van der Waals surface area (Å²) in [6.45, 7) is 3.08. The Labute approximate surface area is 117 Å². The minimum Gasteiger partial charge on any atom is -0.351 e. The van der Waals surface area contributed by atoms with Crippen molar-refractivity contribution in [1.29, 1.82) is 0 Å². The van der Waals surface area contributed by atoms with Crippen LogP contribution in [0.1, 0.15) is 32.6 Å². The standard InChI is InChI=1S/C11H23N3O2S2/c1-2-3-4-5-10(15)14(11(13)16)7-9-18-17-8-6-12/h2-9,12H2,1H3,(H2,13,16). The zero-order chi connectivity index (χ0) is 13.8. The van der Waals surface area contributed by atoms with Crippen molar-refractivity contribution in [3.63, 3.8) is 0 Å². The van der Waals surface area contributed by atoms with Gasteiger partial charge in [-0.2, -0.15) is 0 Å². The molecule has 0 aromatic carbocycles. The third-order valence-electron chi connectivity index (χ3n) is 2.24. The number of hydrogen-bond acceptors (Lipinski definition) is 5. The molecular weight excluding hydrogens is 270 g/mol. The van der Waals surface area contributed by atoms with E-state index in [2.05, 4.69) is 6.92 Å². The van der Waals surface area contributed by atoms with Gasteiger partial charge in [0.1, 0.15) is 0 Å². The highest BCUT2D eigenvalue weighted by atomic mass is 33.1. The highest BCUT2D eigenvalue weighted by Gasteiger charge is 2.17. The van der Waals surface area contributed by atoms with E-state index in [0.29, 0.717) is 25.3 Å². The molecule has 0 rings (SSSR count). The molecule has 0 aromatic heterocycles. The normalized spacial score (nSPS) is 10.3. The molecule has 0 radical (unpaired) electrons. The first kappa shape index (κ1) is 17.6. The van der Waals surface area contributed by atoms with Crippen molar-refractivity contribution in [3.8, 4) is 0 Å². The van der Waals surface area contributed by atoms with E-state index < -0.39 is 6.03 Å². The third kappa shape index (κ3) is 8.66. The molecule has 3 amide bonds. The molecule has 5 nitrogen and oxygen atoms in total. The van der Waals surface area contributed by atoms with E-state index in [1.165, 1.54) is 0 Å². The van der Waals surface area contributed by atoms with E-state index in [9.17, 15) is 9.59 Å². The van der Waals surface area contributed by atoms with Crippen LogP contribution in [0.5, 0.6) is 0 Å². The monoisotopic (exact) mass is 293 g/mol. The molecule has 0 heterocycles. The number of carbonyl (C=O) groups is 2. The second kappa shape index (κ2) is 11.7. The van der Waals surface area contributed by atoms with Crippen molar-refractivity contribution < 1.29 is 9.59 Å². The molecule has 0 atom stereocenters. The molecule has 4 N–H and O–H groups in total. The average Bonchev–Trinajstić information content (AvgIpc) is 2.33. The van der Waals surface area contributed by atoms with Crippen LogP contribution in [-0.4, -0.2) is 41.4 Å². The molecule has 0 saturated heterocycles. The largest absolute Gasteiger partial charge is 0.351 e. The number of unbranched alkanes of at least 4 members (excludes halogenated alkanes) is 2. The number of nitrogens with zero attached hydrogens (tertiary/aromatic N) is 1. The Balaban J connectivity index is 3.90. The third-order valence-corrected chi connectivity index (χ3v) is 4.66. The van der Waals surface area contributed by atoms with Gasteiger partial charge in [-0.05, 0) is 6.42 Å². The van der Waals surface area contributed by atoms with Crippen LogP contribution in [0.2, 0.25) is 0 Å². The van der Waals surface area contributed by atoms with Crippen LogP contribution in [0.3, 0.4) is 0 Å². The van der Waals surface area contributed by atoms with Gasteiger partial charge < -0.3 is 11.5 Å². The van der Waals surface area contributed by atoms with Gasteiger partial charge in [0.2, 0.25) is 5.91 Å². The first-order valence-electron chi connectivity index (χ1n) is 6.17. The fourth-order valence-corrected chi connectivity index (χ4v) is 3.12. The number of rotatable bonds is 10. The van der Waals surface area contributed by atoms with Crippen LogP contribution >= 0.6 is 21.6 Å². The summed E-state index contributed by atoms with van der Waals surface area (Å²) in [4.78, 5) is 24.1. The summed E-state index contributed by atoms with van der Waals surface area (Å²) in [5, 5.41) is 0. The predicted octanol–water partition coefficient (Wildman–Crippen LogP) is 1.81. The van der Waals surface area contributed by atoms with Crippen LogP contribution in [0, 0.1) is 0 Å². The summed E-state index contributed by atoms with van der Waals surface area (Å²) in [7, 11) is 3.25. The van der Waals surface area contributed by atoms with Crippen molar-refractivity contribution in [3.05, 3.63) is 0 Å². The van der Waals surface area contributed by atoms with Gasteiger partial charge in [-0.15, -0.1) is 0 Å². The smallest absolute Gasteiger partial charge is 0.321 e. The fourth-order valence-electron chi connectivity index (χ4n) is 1.31. The quantitative estimate of drug-likeness (QED) is 0.473. The van der Waals surface area contributed by atoms with E-state index in [0.717, 1.165) is 29.9 Å². The summed E-state index contributed by atoms with van der Waals surface area (Å²) < 4.78 is 0. The first-order chi connectivity index (χ1) is 8.63. The van der Waals surface area contributed by atoms with E-state index >= 15 is 0 Å². The molecule has 106 valence electrons. The van der Waals surface area contributed by atoms with E-state index in [1.54, 1.807) is 21.6 Å². The van der Waals surface area contributed by atoms with Gasteiger partial charge in [0.05, 0.1) is 0 Å². The van der Waals surface area contributed by atoms with Gasteiger partial charge in [0.25, 0.3) is 0 Å². The van der Waals surface area contributed by atoms with Crippen molar-refractivity contribution in [1.82, 2.24) is 4.90 Å². The Morgan fingerprint density at radius 3 is 2.39 bits per heavy atom. The second-order valence-electron chi connectivity index (χ2n) is 3.77. The molecule has 0 fully saturated rings. The predicted molar refractivity (Wildman–Crippen MR) is 79.4 cm³/mol. The number of hydrogen-bond donors (Lipinski definition) is 2. The highest BCUT2D eigenvalue weighted by molar-refractivity contribution is 8.76. The summed E-state index contributed by atoms with van der Waals surface area (Å²) in [5.74, 6) is 1.39. The SMILES string of the molecule is CCCCCC(=O)N(CCSSCCN)C(N)=O.